The fraction of sp³-hybridized carbons (Fsp3) is 0.353. The summed E-state index contributed by atoms with van der Waals surface area (Å²) in [6.45, 7) is 12.9. The lowest BCUT2D eigenvalue weighted by molar-refractivity contribution is -0.140. The van der Waals surface area contributed by atoms with Gasteiger partial charge in [0.15, 0.2) is 0 Å². The van der Waals surface area contributed by atoms with E-state index in [4.69, 9.17) is 14.6 Å². The number of carbonyl (C=O) groups excluding carboxylic acids is 2. The molecule has 218 valence electrons. The van der Waals surface area contributed by atoms with Gasteiger partial charge in [-0.05, 0) is 87.6 Å². The summed E-state index contributed by atoms with van der Waals surface area (Å²) in [5, 5.41) is 14.7. The number of nitrogens with zero attached hydrogens (tertiary/aromatic N) is 4. The molecule has 1 aromatic heterocycles. The van der Waals surface area contributed by atoms with Crippen molar-refractivity contribution in [2.45, 2.75) is 54.1 Å². The number of amides is 2. The van der Waals surface area contributed by atoms with Crippen molar-refractivity contribution in [3.8, 4) is 28.8 Å². The maximum absolute atomic E-state index is 13.7. The molecule has 0 unspecified atom stereocenters. The van der Waals surface area contributed by atoms with E-state index in [9.17, 15) is 14.9 Å². The van der Waals surface area contributed by atoms with Crippen molar-refractivity contribution >= 4 is 17.9 Å². The third-order valence-corrected chi connectivity index (χ3v) is 6.89. The van der Waals surface area contributed by atoms with Crippen LogP contribution in [0.4, 0.5) is 0 Å². The first-order valence-corrected chi connectivity index (χ1v) is 14.3. The molecule has 0 aliphatic carbocycles. The van der Waals surface area contributed by atoms with E-state index in [1.807, 2.05) is 81.6 Å². The van der Waals surface area contributed by atoms with Crippen LogP contribution in [0.25, 0.3) is 23.0 Å². The number of nitriles is 1. The number of hydrogen-bond acceptors (Lipinski definition) is 6. The molecule has 0 saturated carbocycles. The van der Waals surface area contributed by atoms with Gasteiger partial charge in [-0.25, -0.2) is 4.68 Å². The van der Waals surface area contributed by atoms with Crippen LogP contribution < -0.4 is 4.74 Å². The lowest BCUT2D eigenvalue weighted by Crippen LogP contribution is -2.43. The second kappa shape index (κ2) is 13.5. The topological polar surface area (TPSA) is 97.5 Å². The van der Waals surface area contributed by atoms with Crippen LogP contribution in [0.15, 0.2) is 71.4 Å². The fourth-order valence-corrected chi connectivity index (χ4v) is 4.68. The highest BCUT2D eigenvalue weighted by molar-refractivity contribution is 6.19. The molecule has 0 radical (unpaired) electrons. The number of imide groups is 1. The number of benzene rings is 2. The van der Waals surface area contributed by atoms with Crippen molar-refractivity contribution in [2.75, 3.05) is 19.8 Å². The zero-order chi connectivity index (χ0) is 30.4. The number of rotatable bonds is 11. The first-order chi connectivity index (χ1) is 20.1. The van der Waals surface area contributed by atoms with Gasteiger partial charge in [-0.15, -0.1) is 0 Å². The van der Waals surface area contributed by atoms with E-state index in [1.165, 1.54) is 0 Å². The maximum Gasteiger partial charge on any atom is 0.271 e. The summed E-state index contributed by atoms with van der Waals surface area (Å²) < 4.78 is 13.3. The number of aromatic nitrogens is 2. The van der Waals surface area contributed by atoms with Gasteiger partial charge in [0.25, 0.3) is 11.8 Å². The monoisotopic (exact) mass is 566 g/mol. The average molecular weight is 567 g/mol. The predicted molar refractivity (Wildman–Crippen MR) is 163 cm³/mol. The van der Waals surface area contributed by atoms with Gasteiger partial charge in [-0.3, -0.25) is 14.5 Å². The van der Waals surface area contributed by atoms with Crippen molar-refractivity contribution in [3.05, 3.63) is 82.6 Å². The number of carbonyl (C=O) groups is 2. The lowest BCUT2D eigenvalue weighted by atomic mass is 9.93. The molecule has 0 fully saturated rings. The minimum absolute atomic E-state index is 0.0369. The smallest absolute Gasteiger partial charge is 0.271 e. The van der Waals surface area contributed by atoms with E-state index in [-0.39, 0.29) is 18.2 Å². The summed E-state index contributed by atoms with van der Waals surface area (Å²) in [5.74, 6) is 0.202. The molecule has 0 atom stereocenters. The second-order valence-corrected chi connectivity index (χ2v) is 11.1. The van der Waals surface area contributed by atoms with Crippen LogP contribution >= 0.6 is 0 Å². The van der Waals surface area contributed by atoms with Gasteiger partial charge in [0.05, 0.1) is 24.1 Å². The molecule has 0 N–H and O–H groups in total. The number of aryl methyl sites for hydroxylation is 1. The minimum atomic E-state index is -0.575. The van der Waals surface area contributed by atoms with E-state index in [1.54, 1.807) is 17.7 Å². The van der Waals surface area contributed by atoms with Crippen LogP contribution in [0, 0.1) is 24.2 Å². The number of ether oxygens (including phenoxy) is 2. The van der Waals surface area contributed by atoms with Crippen molar-refractivity contribution in [1.82, 2.24) is 14.7 Å². The van der Waals surface area contributed by atoms with Gasteiger partial charge >= 0.3 is 0 Å². The molecule has 0 saturated heterocycles. The van der Waals surface area contributed by atoms with Crippen molar-refractivity contribution < 1.29 is 19.1 Å². The standard InChI is InChI=1S/C34H38N4O4/c1-22(2)21-42-31-14-13-26(17-24(31)5)32-27(20-38(36-32)28-11-8-7-9-12-28)18-29-25(6)30(19-35)34(40)37(33(29)39)15-10-16-41-23(3)4/h7-9,11-14,17-18,20,22-23H,10,15-16,21H2,1-6H3/b29-18+. The third kappa shape index (κ3) is 6.87. The summed E-state index contributed by atoms with van der Waals surface area (Å²) in [6, 6.07) is 17.6. The first kappa shape index (κ1) is 30.5. The molecule has 1 aliphatic heterocycles. The van der Waals surface area contributed by atoms with E-state index in [0.29, 0.717) is 48.0 Å². The second-order valence-electron chi connectivity index (χ2n) is 11.1. The van der Waals surface area contributed by atoms with E-state index >= 15 is 0 Å². The molecule has 2 aromatic carbocycles. The zero-order valence-corrected chi connectivity index (χ0v) is 25.2. The van der Waals surface area contributed by atoms with E-state index in [2.05, 4.69) is 13.8 Å². The molecular weight excluding hydrogens is 528 g/mol. The molecule has 8 nitrogen and oxygen atoms in total. The van der Waals surface area contributed by atoms with E-state index < -0.39 is 11.8 Å². The van der Waals surface area contributed by atoms with Crippen molar-refractivity contribution in [2.24, 2.45) is 5.92 Å². The molecule has 2 heterocycles. The Morgan fingerprint density at radius 3 is 2.40 bits per heavy atom. The summed E-state index contributed by atoms with van der Waals surface area (Å²) in [5.41, 5.74) is 4.65. The Kier molecular flexibility index (Phi) is 9.76. The number of para-hydroxylation sites is 1. The summed E-state index contributed by atoms with van der Waals surface area (Å²) in [7, 11) is 0. The Bertz CT molecular complexity index is 1560. The Balaban J connectivity index is 1.79. The van der Waals surface area contributed by atoms with Crippen LogP contribution in [0.2, 0.25) is 0 Å². The van der Waals surface area contributed by atoms with Gasteiger partial charge in [-0.1, -0.05) is 32.0 Å². The van der Waals surface area contributed by atoms with Crippen molar-refractivity contribution in [3.63, 3.8) is 0 Å². The van der Waals surface area contributed by atoms with Crippen LogP contribution in [0.1, 0.15) is 52.2 Å². The summed E-state index contributed by atoms with van der Waals surface area (Å²) >= 11 is 0. The molecular formula is C34H38N4O4. The molecule has 1 aliphatic rings. The Labute approximate surface area is 247 Å². The SMILES string of the molecule is CC1=C(C#N)C(=O)N(CCCOC(C)C)C(=O)/C1=C/c1cn(-c2ccccc2)nc1-c1ccc(OCC(C)C)c(C)c1. The van der Waals surface area contributed by atoms with Crippen LogP contribution in [-0.2, 0) is 14.3 Å². The fourth-order valence-electron chi connectivity index (χ4n) is 4.68. The highest BCUT2D eigenvalue weighted by Crippen LogP contribution is 2.33. The lowest BCUT2D eigenvalue weighted by Gasteiger charge is -2.27. The van der Waals surface area contributed by atoms with Crippen LogP contribution in [-0.4, -0.2) is 52.4 Å². The molecule has 4 rings (SSSR count). The minimum Gasteiger partial charge on any atom is -0.493 e. The van der Waals surface area contributed by atoms with E-state index in [0.717, 1.165) is 27.5 Å². The normalized spacial score (nSPS) is 14.8. The molecule has 3 aromatic rings. The van der Waals surface area contributed by atoms with Gasteiger partial charge < -0.3 is 9.47 Å². The van der Waals surface area contributed by atoms with Crippen LogP contribution in [0.3, 0.4) is 0 Å². The van der Waals surface area contributed by atoms with Crippen LogP contribution in [0.5, 0.6) is 5.75 Å². The first-order valence-electron chi connectivity index (χ1n) is 14.3. The Hall–Kier alpha value is -4.48. The maximum atomic E-state index is 13.7. The quantitative estimate of drug-likeness (QED) is 0.154. The molecule has 2 amide bonds. The molecule has 0 bridgehead atoms. The van der Waals surface area contributed by atoms with Crippen molar-refractivity contribution in [1.29, 1.82) is 5.26 Å². The molecule has 8 heteroatoms. The van der Waals surface area contributed by atoms with Gasteiger partial charge in [0.2, 0.25) is 0 Å². The van der Waals surface area contributed by atoms with Gasteiger partial charge in [0.1, 0.15) is 17.4 Å². The van der Waals surface area contributed by atoms with Gasteiger partial charge in [-0.2, -0.15) is 10.4 Å². The zero-order valence-electron chi connectivity index (χ0n) is 25.2. The summed E-state index contributed by atoms with van der Waals surface area (Å²) in [6.07, 6.45) is 4.12. The Morgan fingerprint density at radius 1 is 1.02 bits per heavy atom. The third-order valence-electron chi connectivity index (χ3n) is 6.89. The van der Waals surface area contributed by atoms with Gasteiger partial charge in [0, 0.05) is 36.0 Å². The number of hydrogen-bond donors (Lipinski definition) is 0. The summed E-state index contributed by atoms with van der Waals surface area (Å²) in [4.78, 5) is 27.9. The average Bonchev–Trinajstić information content (AvgIpc) is 3.38. The Morgan fingerprint density at radius 2 is 1.76 bits per heavy atom. The largest absolute Gasteiger partial charge is 0.493 e. The predicted octanol–water partition coefficient (Wildman–Crippen LogP) is 6.29. The highest BCUT2D eigenvalue weighted by atomic mass is 16.5. The molecule has 0 spiro atoms. The highest BCUT2D eigenvalue weighted by Gasteiger charge is 2.35. The molecule has 42 heavy (non-hydrogen) atoms.